The third-order valence-corrected chi connectivity index (χ3v) is 3.35. The van der Waals surface area contributed by atoms with E-state index < -0.39 is 0 Å². The van der Waals surface area contributed by atoms with Crippen molar-refractivity contribution in [1.82, 2.24) is 0 Å². The van der Waals surface area contributed by atoms with Gasteiger partial charge in [-0.1, -0.05) is 6.07 Å². The minimum atomic E-state index is 0.309. The largest absolute Gasteiger partial charge is 0.497 e. The van der Waals surface area contributed by atoms with Crippen molar-refractivity contribution in [3.63, 3.8) is 0 Å². The van der Waals surface area contributed by atoms with E-state index in [9.17, 15) is 0 Å². The molecule has 0 bridgehead atoms. The topological polar surface area (TPSA) is 39.7 Å². The third kappa shape index (κ3) is 2.50. The van der Waals surface area contributed by atoms with Gasteiger partial charge in [-0.25, -0.2) is 0 Å². The van der Waals surface area contributed by atoms with Crippen LogP contribution >= 0.6 is 0 Å². The van der Waals surface area contributed by atoms with E-state index >= 15 is 0 Å². The molecular formula is C16H17NO3. The quantitative estimate of drug-likeness (QED) is 0.925. The van der Waals surface area contributed by atoms with Gasteiger partial charge in [-0.15, -0.1) is 0 Å². The second kappa shape index (κ2) is 5.33. The smallest absolute Gasteiger partial charge is 0.231 e. The van der Waals surface area contributed by atoms with E-state index in [4.69, 9.17) is 14.2 Å². The van der Waals surface area contributed by atoms with Crippen molar-refractivity contribution in [3.8, 4) is 17.2 Å². The number of fused-ring (bicyclic) bond motifs is 1. The van der Waals surface area contributed by atoms with Crippen molar-refractivity contribution in [2.24, 2.45) is 0 Å². The summed E-state index contributed by atoms with van der Waals surface area (Å²) in [7, 11) is 1.68. The maximum Gasteiger partial charge on any atom is 0.231 e. The van der Waals surface area contributed by atoms with Crippen molar-refractivity contribution < 1.29 is 14.2 Å². The van der Waals surface area contributed by atoms with Gasteiger partial charge in [-0.05, 0) is 48.4 Å². The molecule has 3 rings (SSSR count). The van der Waals surface area contributed by atoms with E-state index in [0.717, 1.165) is 40.6 Å². The Labute approximate surface area is 118 Å². The molecule has 0 aliphatic carbocycles. The minimum Gasteiger partial charge on any atom is -0.497 e. The van der Waals surface area contributed by atoms with Crippen LogP contribution in [0.2, 0.25) is 0 Å². The van der Waals surface area contributed by atoms with Gasteiger partial charge in [0.1, 0.15) is 5.75 Å². The third-order valence-electron chi connectivity index (χ3n) is 3.35. The first kappa shape index (κ1) is 12.7. The Morgan fingerprint density at radius 2 is 1.95 bits per heavy atom. The molecule has 104 valence electrons. The Morgan fingerprint density at radius 1 is 1.10 bits per heavy atom. The normalized spacial score (nSPS) is 12.3. The predicted molar refractivity (Wildman–Crippen MR) is 77.6 cm³/mol. The number of hydrogen-bond acceptors (Lipinski definition) is 4. The lowest BCUT2D eigenvalue weighted by Gasteiger charge is -2.11. The number of hydrogen-bond donors (Lipinski definition) is 1. The number of ether oxygens (including phenoxy) is 3. The molecular weight excluding hydrogens is 254 g/mol. The van der Waals surface area contributed by atoms with Crippen LogP contribution in [0.1, 0.15) is 11.1 Å². The van der Waals surface area contributed by atoms with Gasteiger partial charge in [-0.2, -0.15) is 0 Å². The Balaban J connectivity index is 1.70. The van der Waals surface area contributed by atoms with Gasteiger partial charge in [0, 0.05) is 12.2 Å². The van der Waals surface area contributed by atoms with Gasteiger partial charge in [-0.3, -0.25) is 0 Å². The molecule has 20 heavy (non-hydrogen) atoms. The maximum atomic E-state index is 5.38. The summed E-state index contributed by atoms with van der Waals surface area (Å²) in [5.41, 5.74) is 3.41. The van der Waals surface area contributed by atoms with E-state index in [1.54, 1.807) is 7.11 Å². The Morgan fingerprint density at radius 3 is 2.75 bits per heavy atom. The number of benzene rings is 2. The van der Waals surface area contributed by atoms with Gasteiger partial charge in [0.2, 0.25) is 6.79 Å². The lowest BCUT2D eigenvalue weighted by molar-refractivity contribution is 0.174. The van der Waals surface area contributed by atoms with Crippen molar-refractivity contribution >= 4 is 5.69 Å². The number of aryl methyl sites for hydroxylation is 1. The van der Waals surface area contributed by atoms with Crippen LogP contribution in [0, 0.1) is 6.92 Å². The molecule has 0 spiro atoms. The standard InChI is InChI=1S/C16H17NO3/c1-11-7-13(18-2)4-5-14(11)17-9-12-3-6-15-16(8-12)20-10-19-15/h3-8,17H,9-10H2,1-2H3. The highest BCUT2D eigenvalue weighted by atomic mass is 16.7. The first-order valence-electron chi connectivity index (χ1n) is 6.53. The fourth-order valence-corrected chi connectivity index (χ4v) is 2.21. The minimum absolute atomic E-state index is 0.309. The van der Waals surface area contributed by atoms with Crippen LogP contribution in [0.25, 0.3) is 0 Å². The molecule has 2 aromatic rings. The van der Waals surface area contributed by atoms with Gasteiger partial charge in [0.25, 0.3) is 0 Å². The molecule has 0 aromatic heterocycles. The molecule has 1 heterocycles. The fourth-order valence-electron chi connectivity index (χ4n) is 2.21. The summed E-state index contributed by atoms with van der Waals surface area (Å²) in [6, 6.07) is 12.0. The van der Waals surface area contributed by atoms with Crippen LogP contribution in [0.5, 0.6) is 17.2 Å². The highest BCUT2D eigenvalue weighted by Gasteiger charge is 2.13. The van der Waals surface area contributed by atoms with Crippen LogP contribution in [-0.4, -0.2) is 13.9 Å². The van der Waals surface area contributed by atoms with Crippen LogP contribution in [0.15, 0.2) is 36.4 Å². The average Bonchev–Trinajstić information content (AvgIpc) is 2.93. The molecule has 0 unspecified atom stereocenters. The Hall–Kier alpha value is -2.36. The molecule has 1 aliphatic rings. The molecule has 0 atom stereocenters. The summed E-state index contributed by atoms with van der Waals surface area (Å²) in [6.07, 6.45) is 0. The molecule has 4 nitrogen and oxygen atoms in total. The molecule has 0 fully saturated rings. The summed E-state index contributed by atoms with van der Waals surface area (Å²) < 4.78 is 15.9. The fraction of sp³-hybridized carbons (Fsp3) is 0.250. The zero-order valence-corrected chi connectivity index (χ0v) is 11.6. The molecule has 1 N–H and O–H groups in total. The summed E-state index contributed by atoms with van der Waals surface area (Å²) in [5, 5.41) is 3.42. The molecule has 2 aromatic carbocycles. The average molecular weight is 271 g/mol. The van der Waals surface area contributed by atoms with Crippen molar-refractivity contribution in [1.29, 1.82) is 0 Å². The van der Waals surface area contributed by atoms with Gasteiger partial charge >= 0.3 is 0 Å². The van der Waals surface area contributed by atoms with E-state index in [1.807, 2.05) is 36.4 Å². The monoisotopic (exact) mass is 271 g/mol. The van der Waals surface area contributed by atoms with Crippen molar-refractivity contribution in [2.75, 3.05) is 19.2 Å². The molecule has 0 radical (unpaired) electrons. The predicted octanol–water partition coefficient (Wildman–Crippen LogP) is 3.34. The van der Waals surface area contributed by atoms with Gasteiger partial charge in [0.15, 0.2) is 11.5 Å². The first-order chi connectivity index (χ1) is 9.76. The molecule has 4 heteroatoms. The molecule has 0 saturated carbocycles. The second-order valence-corrected chi connectivity index (χ2v) is 4.72. The van der Waals surface area contributed by atoms with Crippen LogP contribution in [0.4, 0.5) is 5.69 Å². The SMILES string of the molecule is COc1ccc(NCc2ccc3c(c2)OCO3)c(C)c1. The lowest BCUT2D eigenvalue weighted by atomic mass is 10.1. The van der Waals surface area contributed by atoms with E-state index in [1.165, 1.54) is 0 Å². The number of rotatable bonds is 4. The number of methoxy groups -OCH3 is 1. The van der Waals surface area contributed by atoms with E-state index in [-0.39, 0.29) is 0 Å². The van der Waals surface area contributed by atoms with E-state index in [2.05, 4.69) is 12.2 Å². The summed E-state index contributed by atoms with van der Waals surface area (Å²) in [6.45, 7) is 3.11. The van der Waals surface area contributed by atoms with Crippen LogP contribution in [-0.2, 0) is 6.54 Å². The van der Waals surface area contributed by atoms with E-state index in [0.29, 0.717) is 6.79 Å². The second-order valence-electron chi connectivity index (χ2n) is 4.72. The molecule has 1 aliphatic heterocycles. The summed E-state index contributed by atoms with van der Waals surface area (Å²) in [5.74, 6) is 2.50. The van der Waals surface area contributed by atoms with Gasteiger partial charge < -0.3 is 19.5 Å². The van der Waals surface area contributed by atoms with Crippen molar-refractivity contribution in [3.05, 3.63) is 47.5 Å². The summed E-state index contributed by atoms with van der Waals surface area (Å²) in [4.78, 5) is 0. The number of anilines is 1. The highest BCUT2D eigenvalue weighted by molar-refractivity contribution is 5.54. The zero-order valence-electron chi connectivity index (χ0n) is 11.6. The summed E-state index contributed by atoms with van der Waals surface area (Å²) >= 11 is 0. The van der Waals surface area contributed by atoms with Gasteiger partial charge in [0.05, 0.1) is 7.11 Å². The zero-order chi connectivity index (χ0) is 13.9. The van der Waals surface area contributed by atoms with Crippen LogP contribution in [0.3, 0.4) is 0 Å². The molecule has 0 amide bonds. The van der Waals surface area contributed by atoms with Crippen LogP contribution < -0.4 is 19.5 Å². The Kier molecular flexibility index (Phi) is 3.37. The number of nitrogens with one attached hydrogen (secondary N) is 1. The Bertz CT molecular complexity index is 625. The van der Waals surface area contributed by atoms with Crippen molar-refractivity contribution in [2.45, 2.75) is 13.5 Å². The molecule has 0 saturated heterocycles. The maximum absolute atomic E-state index is 5.38. The highest BCUT2D eigenvalue weighted by Crippen LogP contribution is 2.32. The lowest BCUT2D eigenvalue weighted by Crippen LogP contribution is -2.01. The first-order valence-corrected chi connectivity index (χ1v) is 6.53.